The van der Waals surface area contributed by atoms with E-state index in [2.05, 4.69) is 6.92 Å². The number of allylic oxidation sites excluding steroid dienone is 1. The van der Waals surface area contributed by atoms with Crippen LogP contribution >= 0.6 is 0 Å². The smallest absolute Gasteiger partial charge is 0.306 e. The van der Waals surface area contributed by atoms with Crippen LogP contribution < -0.4 is 0 Å². The van der Waals surface area contributed by atoms with Crippen LogP contribution in [0, 0.1) is 35.0 Å². The van der Waals surface area contributed by atoms with Crippen molar-refractivity contribution in [3.63, 3.8) is 0 Å². The fraction of sp³-hybridized carbons (Fsp3) is 0.846. The van der Waals surface area contributed by atoms with E-state index >= 15 is 0 Å². The van der Waals surface area contributed by atoms with Crippen LogP contribution in [0.5, 0.6) is 0 Å². The number of carbonyl (C=O) groups is 2. The molecular weight excluding hydrogens is 360 g/mol. The molecule has 0 aliphatic heterocycles. The highest BCUT2D eigenvalue weighted by atomic mass is 16.5. The first-order valence-corrected chi connectivity index (χ1v) is 12.5. The average molecular weight is 399 g/mol. The molecule has 0 spiro atoms. The van der Waals surface area contributed by atoms with Gasteiger partial charge in [-0.25, -0.2) is 0 Å². The lowest BCUT2D eigenvalue weighted by Gasteiger charge is -2.53. The summed E-state index contributed by atoms with van der Waals surface area (Å²) in [7, 11) is 0. The van der Waals surface area contributed by atoms with Crippen LogP contribution in [-0.4, -0.2) is 17.9 Å². The van der Waals surface area contributed by atoms with Crippen molar-refractivity contribution in [2.45, 2.75) is 103 Å². The molecule has 0 amide bonds. The Kier molecular flexibility index (Phi) is 5.37. The van der Waals surface area contributed by atoms with Gasteiger partial charge in [-0.2, -0.15) is 0 Å². The van der Waals surface area contributed by atoms with E-state index in [0.717, 1.165) is 49.9 Å². The maximum absolute atomic E-state index is 12.6. The number of fused-ring (bicyclic) bond motifs is 5. The van der Waals surface area contributed by atoms with Crippen molar-refractivity contribution in [2.75, 3.05) is 0 Å². The predicted octanol–water partition coefficient (Wildman–Crippen LogP) is 6.01. The zero-order valence-electron chi connectivity index (χ0n) is 18.2. The number of carbonyl (C=O) groups excluding carboxylic acids is 2. The molecular formula is C26H38O3. The minimum atomic E-state index is 0.0607. The first-order chi connectivity index (χ1) is 14.0. The van der Waals surface area contributed by atoms with Gasteiger partial charge in [0, 0.05) is 18.3 Å². The second kappa shape index (κ2) is 7.85. The van der Waals surface area contributed by atoms with Crippen molar-refractivity contribution >= 4 is 11.8 Å². The lowest BCUT2D eigenvalue weighted by atomic mass is 9.52. The zero-order chi connectivity index (χ0) is 20.0. The van der Waals surface area contributed by atoms with E-state index < -0.39 is 0 Å². The molecule has 0 aromatic rings. The molecule has 4 saturated carbocycles. The van der Waals surface area contributed by atoms with E-state index in [1.54, 1.807) is 0 Å². The largest absolute Gasteiger partial charge is 0.462 e. The third-order valence-corrected chi connectivity index (χ3v) is 9.72. The Balaban J connectivity index is 1.22. The molecule has 5 aliphatic rings. The minimum absolute atomic E-state index is 0.0607. The molecule has 0 aromatic carbocycles. The quantitative estimate of drug-likeness (QED) is 0.545. The topological polar surface area (TPSA) is 43.4 Å². The fourth-order valence-corrected chi connectivity index (χ4v) is 8.16. The van der Waals surface area contributed by atoms with Crippen LogP contribution in [0.4, 0.5) is 0 Å². The summed E-state index contributed by atoms with van der Waals surface area (Å²) >= 11 is 0. The zero-order valence-corrected chi connectivity index (χ0v) is 18.2. The van der Waals surface area contributed by atoms with E-state index in [9.17, 15) is 9.59 Å². The lowest BCUT2D eigenvalue weighted by Crippen LogP contribution is -2.48. The van der Waals surface area contributed by atoms with Gasteiger partial charge in [0.1, 0.15) is 6.10 Å². The van der Waals surface area contributed by atoms with Crippen LogP contribution in [0.1, 0.15) is 96.8 Å². The first kappa shape index (κ1) is 19.8. The Hall–Kier alpha value is -1.12. The van der Waals surface area contributed by atoms with Crippen LogP contribution in [0.25, 0.3) is 0 Å². The Labute approximate surface area is 176 Å². The number of hydrogen-bond acceptors (Lipinski definition) is 3. The molecule has 0 radical (unpaired) electrons. The van der Waals surface area contributed by atoms with Gasteiger partial charge in [-0.3, -0.25) is 9.59 Å². The molecule has 29 heavy (non-hydrogen) atoms. The SMILES string of the molecule is C[C@]12CC[C@H]3[C@H](CCC4=CC(=O)CC[C@H]43)[C@@H]1CC[C@@H]2OC(=O)CCC1CCCC1. The maximum atomic E-state index is 12.6. The molecule has 160 valence electrons. The maximum Gasteiger partial charge on any atom is 0.306 e. The lowest BCUT2D eigenvalue weighted by molar-refractivity contribution is -0.159. The number of hydrogen-bond donors (Lipinski definition) is 0. The monoisotopic (exact) mass is 398 g/mol. The second-order valence-electron chi connectivity index (χ2n) is 11.1. The van der Waals surface area contributed by atoms with E-state index in [0.29, 0.717) is 24.0 Å². The minimum Gasteiger partial charge on any atom is -0.462 e. The Morgan fingerprint density at radius 1 is 1.03 bits per heavy atom. The molecule has 0 N–H and O–H groups in total. The van der Waals surface area contributed by atoms with Crippen molar-refractivity contribution in [2.24, 2.45) is 35.0 Å². The third-order valence-electron chi connectivity index (χ3n) is 9.72. The van der Waals surface area contributed by atoms with E-state index in [-0.39, 0.29) is 17.5 Å². The van der Waals surface area contributed by atoms with Crippen molar-refractivity contribution in [1.29, 1.82) is 0 Å². The number of ether oxygens (including phenoxy) is 1. The highest BCUT2D eigenvalue weighted by Crippen LogP contribution is 2.62. The van der Waals surface area contributed by atoms with Crippen LogP contribution in [0.3, 0.4) is 0 Å². The molecule has 0 saturated heterocycles. The van der Waals surface area contributed by atoms with Gasteiger partial charge in [-0.15, -0.1) is 0 Å². The van der Waals surface area contributed by atoms with Crippen molar-refractivity contribution in [3.05, 3.63) is 11.6 Å². The number of rotatable bonds is 4. The Morgan fingerprint density at radius 2 is 1.86 bits per heavy atom. The average Bonchev–Trinajstić information content (AvgIpc) is 3.34. The summed E-state index contributed by atoms with van der Waals surface area (Å²) in [6.07, 6.45) is 18.0. The van der Waals surface area contributed by atoms with Crippen LogP contribution in [0.2, 0.25) is 0 Å². The normalized spacial score (nSPS) is 42.0. The second-order valence-corrected chi connectivity index (χ2v) is 11.1. The van der Waals surface area contributed by atoms with Crippen LogP contribution in [-0.2, 0) is 14.3 Å². The van der Waals surface area contributed by atoms with E-state index in [1.807, 2.05) is 6.08 Å². The third kappa shape index (κ3) is 3.61. The van der Waals surface area contributed by atoms with Gasteiger partial charge >= 0.3 is 5.97 Å². The van der Waals surface area contributed by atoms with Crippen molar-refractivity contribution in [3.8, 4) is 0 Å². The molecule has 5 aliphatic carbocycles. The predicted molar refractivity (Wildman–Crippen MR) is 113 cm³/mol. The summed E-state index contributed by atoms with van der Waals surface area (Å²) < 4.78 is 6.15. The molecule has 5 rings (SSSR count). The summed E-state index contributed by atoms with van der Waals surface area (Å²) in [4.78, 5) is 24.5. The molecule has 3 heteroatoms. The molecule has 0 aromatic heterocycles. The van der Waals surface area contributed by atoms with Gasteiger partial charge < -0.3 is 4.74 Å². The van der Waals surface area contributed by atoms with E-state index in [4.69, 9.17) is 4.74 Å². The van der Waals surface area contributed by atoms with Crippen molar-refractivity contribution in [1.82, 2.24) is 0 Å². The molecule has 4 fully saturated rings. The van der Waals surface area contributed by atoms with Gasteiger partial charge in [0.25, 0.3) is 0 Å². The highest BCUT2D eigenvalue weighted by molar-refractivity contribution is 5.91. The Morgan fingerprint density at radius 3 is 2.69 bits per heavy atom. The first-order valence-electron chi connectivity index (χ1n) is 12.5. The molecule has 0 unspecified atom stereocenters. The molecule has 3 nitrogen and oxygen atoms in total. The summed E-state index contributed by atoms with van der Waals surface area (Å²) in [5.74, 6) is 4.06. The summed E-state index contributed by atoms with van der Waals surface area (Å²) in [6.45, 7) is 2.42. The Bertz CT molecular complexity index is 688. The standard InChI is InChI=1S/C26H38O3/c1-26-15-14-21-20-10-8-19(27)16-18(20)7-9-22(21)23(26)11-12-24(26)29-25(28)13-6-17-4-2-3-5-17/h16-17,20-24H,2-15H2,1H3/t20-,21-,22+,23+,24+,26+/m1/s1. The van der Waals surface area contributed by atoms with Gasteiger partial charge in [-0.05, 0) is 87.0 Å². The number of ketones is 1. The van der Waals surface area contributed by atoms with E-state index in [1.165, 1.54) is 56.9 Å². The van der Waals surface area contributed by atoms with Gasteiger partial charge in [-0.1, -0.05) is 38.2 Å². The molecule has 0 bridgehead atoms. The summed E-state index contributed by atoms with van der Waals surface area (Å²) in [5.41, 5.74) is 1.63. The summed E-state index contributed by atoms with van der Waals surface area (Å²) in [6, 6.07) is 0. The molecule has 0 heterocycles. The highest BCUT2D eigenvalue weighted by Gasteiger charge is 2.57. The van der Waals surface area contributed by atoms with Crippen LogP contribution in [0.15, 0.2) is 11.6 Å². The van der Waals surface area contributed by atoms with Gasteiger partial charge in [0.05, 0.1) is 0 Å². The number of esters is 1. The van der Waals surface area contributed by atoms with Crippen molar-refractivity contribution < 1.29 is 14.3 Å². The summed E-state index contributed by atoms with van der Waals surface area (Å²) in [5, 5.41) is 0. The fourth-order valence-electron chi connectivity index (χ4n) is 8.16. The van der Waals surface area contributed by atoms with Gasteiger partial charge in [0.2, 0.25) is 0 Å². The van der Waals surface area contributed by atoms with Gasteiger partial charge in [0.15, 0.2) is 5.78 Å². The molecule has 6 atom stereocenters.